The first-order valence-corrected chi connectivity index (χ1v) is 4.13. The van der Waals surface area contributed by atoms with Crippen molar-refractivity contribution >= 4 is 23.0 Å². The van der Waals surface area contributed by atoms with E-state index in [0.717, 1.165) is 0 Å². The van der Waals surface area contributed by atoms with Gasteiger partial charge >= 0.3 is 0 Å². The second-order valence-electron chi connectivity index (χ2n) is 2.00. The van der Waals surface area contributed by atoms with E-state index >= 15 is 0 Å². The van der Waals surface area contributed by atoms with E-state index in [2.05, 4.69) is 9.99 Å². The molecule has 5 heteroatoms. The predicted octanol–water partition coefficient (Wildman–Crippen LogP) is 0.584. The van der Waals surface area contributed by atoms with Gasteiger partial charge in [0.15, 0.2) is 5.71 Å². The maximum atomic E-state index is 10.8. The lowest BCUT2D eigenvalue weighted by atomic mass is 10.2. The van der Waals surface area contributed by atoms with Crippen molar-refractivity contribution < 1.29 is 9.63 Å². The van der Waals surface area contributed by atoms with Crippen LogP contribution in [0, 0.1) is 0 Å². The van der Waals surface area contributed by atoms with Crippen molar-refractivity contribution in [3.8, 4) is 0 Å². The maximum absolute atomic E-state index is 10.8. The van der Waals surface area contributed by atoms with Crippen LogP contribution in [0.2, 0.25) is 0 Å². The van der Waals surface area contributed by atoms with E-state index < -0.39 is 5.91 Å². The van der Waals surface area contributed by atoms with Crippen LogP contribution in [0.25, 0.3) is 0 Å². The lowest BCUT2D eigenvalue weighted by Crippen LogP contribution is -2.23. The van der Waals surface area contributed by atoms with Gasteiger partial charge in [0.1, 0.15) is 7.11 Å². The van der Waals surface area contributed by atoms with Crippen LogP contribution in [0.1, 0.15) is 5.56 Å². The van der Waals surface area contributed by atoms with Crippen LogP contribution in [-0.4, -0.2) is 18.7 Å². The van der Waals surface area contributed by atoms with E-state index in [1.54, 1.807) is 11.4 Å². The Kier molecular flexibility index (Phi) is 2.82. The van der Waals surface area contributed by atoms with Crippen molar-refractivity contribution in [1.82, 2.24) is 0 Å². The zero-order valence-corrected chi connectivity index (χ0v) is 7.30. The van der Waals surface area contributed by atoms with Gasteiger partial charge in [0.2, 0.25) is 0 Å². The van der Waals surface area contributed by atoms with Gasteiger partial charge in [-0.3, -0.25) is 4.79 Å². The van der Waals surface area contributed by atoms with Crippen molar-refractivity contribution in [3.05, 3.63) is 22.4 Å². The minimum atomic E-state index is -0.588. The first-order valence-electron chi connectivity index (χ1n) is 3.19. The molecule has 0 aromatic carbocycles. The molecule has 0 bridgehead atoms. The summed E-state index contributed by atoms with van der Waals surface area (Å²) >= 11 is 1.47. The molecule has 64 valence electrons. The molecule has 0 saturated heterocycles. The summed E-state index contributed by atoms with van der Waals surface area (Å²) in [5.41, 5.74) is 5.91. The molecule has 0 saturated carbocycles. The molecule has 2 N–H and O–H groups in total. The molecular weight excluding hydrogens is 176 g/mol. The highest BCUT2D eigenvalue weighted by Crippen LogP contribution is 2.07. The summed E-state index contributed by atoms with van der Waals surface area (Å²) < 4.78 is 0. The molecule has 0 aliphatic rings. The number of carbonyl (C=O) groups is 1. The van der Waals surface area contributed by atoms with Gasteiger partial charge in [0, 0.05) is 10.9 Å². The summed E-state index contributed by atoms with van der Waals surface area (Å²) in [4.78, 5) is 15.3. The number of carbonyl (C=O) groups excluding carboxylic acids is 1. The third-order valence-electron chi connectivity index (χ3n) is 1.21. The molecule has 1 amide bonds. The second-order valence-corrected chi connectivity index (χ2v) is 2.78. The zero-order valence-electron chi connectivity index (χ0n) is 6.48. The molecule has 1 heterocycles. The summed E-state index contributed by atoms with van der Waals surface area (Å²) in [6.45, 7) is 0. The lowest BCUT2D eigenvalue weighted by Gasteiger charge is -1.96. The topological polar surface area (TPSA) is 64.7 Å². The van der Waals surface area contributed by atoms with Crippen LogP contribution < -0.4 is 5.73 Å². The van der Waals surface area contributed by atoms with Crippen LogP contribution in [0.5, 0.6) is 0 Å². The van der Waals surface area contributed by atoms with E-state index in [9.17, 15) is 4.79 Å². The highest BCUT2D eigenvalue weighted by Gasteiger charge is 2.10. The number of hydrogen-bond acceptors (Lipinski definition) is 4. The standard InChI is InChI=1S/C7H8N2O2S/c1-11-9-6(7(8)10)5-2-3-12-4-5/h2-4H,1H3,(H2,8,10)/b9-6+. The summed E-state index contributed by atoms with van der Waals surface area (Å²) in [5.74, 6) is -0.588. The number of rotatable bonds is 3. The molecule has 0 atom stereocenters. The van der Waals surface area contributed by atoms with E-state index in [0.29, 0.717) is 5.56 Å². The highest BCUT2D eigenvalue weighted by molar-refractivity contribution is 7.08. The Morgan fingerprint density at radius 2 is 2.50 bits per heavy atom. The van der Waals surface area contributed by atoms with E-state index in [1.165, 1.54) is 18.4 Å². The number of amides is 1. The average molecular weight is 184 g/mol. The molecule has 0 aliphatic heterocycles. The third-order valence-corrected chi connectivity index (χ3v) is 1.89. The molecular formula is C7H8N2O2S. The molecule has 0 unspecified atom stereocenters. The minimum absolute atomic E-state index is 0.152. The number of oxime groups is 1. The molecule has 12 heavy (non-hydrogen) atoms. The van der Waals surface area contributed by atoms with E-state index in [1.807, 2.05) is 5.38 Å². The number of thiophene rings is 1. The van der Waals surface area contributed by atoms with Crippen LogP contribution >= 0.6 is 11.3 Å². The van der Waals surface area contributed by atoms with E-state index in [4.69, 9.17) is 5.73 Å². The van der Waals surface area contributed by atoms with Crippen LogP contribution in [-0.2, 0) is 9.63 Å². The molecule has 0 fully saturated rings. The first kappa shape index (κ1) is 8.73. The predicted molar refractivity (Wildman–Crippen MR) is 47.1 cm³/mol. The summed E-state index contributed by atoms with van der Waals surface area (Å²) in [5, 5.41) is 7.13. The van der Waals surface area contributed by atoms with Gasteiger partial charge in [-0.1, -0.05) is 5.16 Å². The van der Waals surface area contributed by atoms with Gasteiger partial charge in [-0.05, 0) is 11.4 Å². The summed E-state index contributed by atoms with van der Waals surface area (Å²) in [7, 11) is 1.37. The monoisotopic (exact) mass is 184 g/mol. The van der Waals surface area contributed by atoms with Crippen LogP contribution in [0.4, 0.5) is 0 Å². The minimum Gasteiger partial charge on any atom is -0.398 e. The van der Waals surface area contributed by atoms with Crippen molar-refractivity contribution in [2.75, 3.05) is 7.11 Å². The SMILES string of the molecule is CO/N=C(/C(N)=O)c1ccsc1. The number of nitrogens with two attached hydrogens (primary N) is 1. The Morgan fingerprint density at radius 3 is 2.92 bits per heavy atom. The third kappa shape index (κ3) is 1.82. The maximum Gasteiger partial charge on any atom is 0.271 e. The van der Waals surface area contributed by atoms with Crippen molar-refractivity contribution in [3.63, 3.8) is 0 Å². The Bertz CT molecular complexity index is 292. The van der Waals surface area contributed by atoms with Gasteiger partial charge in [-0.15, -0.1) is 0 Å². The first-order chi connectivity index (χ1) is 5.75. The Labute approximate surface area is 73.6 Å². The molecule has 0 radical (unpaired) electrons. The number of primary amides is 1. The fraction of sp³-hybridized carbons (Fsp3) is 0.143. The molecule has 1 aromatic rings. The van der Waals surface area contributed by atoms with Crippen molar-refractivity contribution in [2.24, 2.45) is 10.9 Å². The van der Waals surface area contributed by atoms with Gasteiger partial charge in [-0.2, -0.15) is 11.3 Å². The summed E-state index contributed by atoms with van der Waals surface area (Å²) in [6.07, 6.45) is 0. The Morgan fingerprint density at radius 1 is 1.75 bits per heavy atom. The Hall–Kier alpha value is -1.36. The quantitative estimate of drug-likeness (QED) is 0.551. The molecule has 0 aliphatic carbocycles. The van der Waals surface area contributed by atoms with Crippen molar-refractivity contribution in [2.45, 2.75) is 0 Å². The molecule has 1 aromatic heterocycles. The van der Waals surface area contributed by atoms with Gasteiger partial charge in [0.25, 0.3) is 5.91 Å². The zero-order chi connectivity index (χ0) is 8.97. The van der Waals surface area contributed by atoms with E-state index in [-0.39, 0.29) is 5.71 Å². The number of hydrogen-bond donors (Lipinski definition) is 1. The van der Waals surface area contributed by atoms with Gasteiger partial charge in [-0.25, -0.2) is 0 Å². The molecule has 0 spiro atoms. The van der Waals surface area contributed by atoms with Gasteiger partial charge in [0.05, 0.1) is 0 Å². The molecule has 4 nitrogen and oxygen atoms in total. The van der Waals surface area contributed by atoms with Gasteiger partial charge < -0.3 is 10.6 Å². The molecule has 1 rings (SSSR count). The van der Waals surface area contributed by atoms with Crippen LogP contribution in [0.3, 0.4) is 0 Å². The number of nitrogens with zero attached hydrogens (tertiary/aromatic N) is 1. The normalized spacial score (nSPS) is 11.2. The highest BCUT2D eigenvalue weighted by atomic mass is 32.1. The summed E-state index contributed by atoms with van der Waals surface area (Å²) in [6, 6.07) is 1.76. The Balaban J connectivity index is 2.96. The largest absolute Gasteiger partial charge is 0.398 e. The fourth-order valence-corrected chi connectivity index (χ4v) is 1.37. The van der Waals surface area contributed by atoms with Crippen LogP contribution in [0.15, 0.2) is 22.0 Å². The van der Waals surface area contributed by atoms with Crippen molar-refractivity contribution in [1.29, 1.82) is 0 Å². The smallest absolute Gasteiger partial charge is 0.271 e. The average Bonchev–Trinajstić information content (AvgIpc) is 2.51. The lowest BCUT2D eigenvalue weighted by molar-refractivity contribution is -0.112. The fourth-order valence-electron chi connectivity index (χ4n) is 0.730. The second kappa shape index (κ2) is 3.87.